The number of anilines is 1. The maximum atomic E-state index is 12.3. The molecule has 3 rings (SSSR count). The van der Waals surface area contributed by atoms with Crippen molar-refractivity contribution in [2.75, 3.05) is 31.6 Å². The maximum Gasteiger partial charge on any atom is 0.251 e. The van der Waals surface area contributed by atoms with Gasteiger partial charge in [0.1, 0.15) is 0 Å². The van der Waals surface area contributed by atoms with Crippen molar-refractivity contribution in [2.24, 2.45) is 5.41 Å². The molecule has 0 spiro atoms. The van der Waals surface area contributed by atoms with Crippen molar-refractivity contribution in [3.8, 4) is 0 Å². The van der Waals surface area contributed by atoms with Gasteiger partial charge in [0.05, 0.1) is 0 Å². The molecule has 0 saturated carbocycles. The van der Waals surface area contributed by atoms with Crippen molar-refractivity contribution < 1.29 is 9.53 Å². The third-order valence-electron chi connectivity index (χ3n) is 4.46. The molecule has 20 heavy (non-hydrogen) atoms. The van der Waals surface area contributed by atoms with Crippen LogP contribution in [0.15, 0.2) is 18.2 Å². The van der Waals surface area contributed by atoms with Crippen LogP contribution in [0.2, 0.25) is 0 Å². The van der Waals surface area contributed by atoms with Crippen LogP contribution in [0.25, 0.3) is 0 Å². The third-order valence-corrected chi connectivity index (χ3v) is 4.46. The molecule has 2 N–H and O–H groups in total. The third kappa shape index (κ3) is 2.80. The van der Waals surface area contributed by atoms with Gasteiger partial charge in [-0.15, -0.1) is 0 Å². The van der Waals surface area contributed by atoms with Crippen molar-refractivity contribution in [3.63, 3.8) is 0 Å². The SMILES string of the molecule is CC1(CNC(=O)c2ccc3c(c2)NCC3)CCOCC1. The molecular formula is C16H22N2O2. The lowest BCUT2D eigenvalue weighted by Gasteiger charge is -2.33. The number of carbonyl (C=O) groups is 1. The molecule has 2 aliphatic heterocycles. The number of amides is 1. The van der Waals surface area contributed by atoms with Gasteiger partial charge in [0.25, 0.3) is 5.91 Å². The molecule has 1 aromatic rings. The summed E-state index contributed by atoms with van der Waals surface area (Å²) in [6.07, 6.45) is 3.08. The van der Waals surface area contributed by atoms with Crippen LogP contribution >= 0.6 is 0 Å². The molecule has 0 aliphatic carbocycles. The zero-order chi connectivity index (χ0) is 14.0. The molecular weight excluding hydrogens is 252 g/mol. The highest BCUT2D eigenvalue weighted by Gasteiger charge is 2.28. The van der Waals surface area contributed by atoms with Gasteiger partial charge in [0.2, 0.25) is 0 Å². The van der Waals surface area contributed by atoms with Crippen LogP contribution in [0.1, 0.15) is 35.7 Å². The molecule has 0 unspecified atom stereocenters. The fourth-order valence-electron chi connectivity index (χ4n) is 2.87. The fourth-order valence-corrected chi connectivity index (χ4v) is 2.87. The number of carbonyl (C=O) groups excluding carboxylic acids is 1. The monoisotopic (exact) mass is 274 g/mol. The van der Waals surface area contributed by atoms with Gasteiger partial charge < -0.3 is 15.4 Å². The molecule has 0 bridgehead atoms. The average molecular weight is 274 g/mol. The molecule has 1 amide bonds. The molecule has 1 fully saturated rings. The van der Waals surface area contributed by atoms with Crippen LogP contribution in [-0.2, 0) is 11.2 Å². The van der Waals surface area contributed by atoms with Crippen molar-refractivity contribution in [1.29, 1.82) is 0 Å². The van der Waals surface area contributed by atoms with Gasteiger partial charge in [-0.2, -0.15) is 0 Å². The predicted molar refractivity (Wildman–Crippen MR) is 79.1 cm³/mol. The number of fused-ring (bicyclic) bond motifs is 1. The average Bonchev–Trinajstić information content (AvgIpc) is 2.93. The second-order valence-electron chi connectivity index (χ2n) is 6.15. The summed E-state index contributed by atoms with van der Waals surface area (Å²) < 4.78 is 5.39. The largest absolute Gasteiger partial charge is 0.384 e. The summed E-state index contributed by atoms with van der Waals surface area (Å²) >= 11 is 0. The van der Waals surface area contributed by atoms with Gasteiger partial charge in [-0.1, -0.05) is 13.0 Å². The second-order valence-corrected chi connectivity index (χ2v) is 6.15. The normalized spacial score (nSPS) is 20.1. The number of hydrogen-bond acceptors (Lipinski definition) is 3. The summed E-state index contributed by atoms with van der Waals surface area (Å²) in [6, 6.07) is 5.94. The minimum Gasteiger partial charge on any atom is -0.384 e. The Morgan fingerprint density at radius 3 is 3.00 bits per heavy atom. The van der Waals surface area contributed by atoms with E-state index in [2.05, 4.69) is 23.6 Å². The minimum atomic E-state index is 0.0224. The molecule has 108 valence electrons. The summed E-state index contributed by atoms with van der Waals surface area (Å²) in [7, 11) is 0. The van der Waals surface area contributed by atoms with Gasteiger partial charge in [0, 0.05) is 37.6 Å². The van der Waals surface area contributed by atoms with Gasteiger partial charge in [-0.05, 0) is 42.4 Å². The minimum absolute atomic E-state index is 0.0224. The molecule has 4 heteroatoms. The number of benzene rings is 1. The summed E-state index contributed by atoms with van der Waals surface area (Å²) in [5.41, 5.74) is 3.32. The van der Waals surface area contributed by atoms with Crippen molar-refractivity contribution in [2.45, 2.75) is 26.2 Å². The highest BCUT2D eigenvalue weighted by atomic mass is 16.5. The number of nitrogens with one attached hydrogen (secondary N) is 2. The van der Waals surface area contributed by atoms with E-state index in [0.717, 1.165) is 56.8 Å². The second kappa shape index (κ2) is 5.44. The van der Waals surface area contributed by atoms with Gasteiger partial charge in [-0.25, -0.2) is 0 Å². The zero-order valence-corrected chi connectivity index (χ0v) is 12.0. The summed E-state index contributed by atoms with van der Waals surface area (Å²) in [5, 5.41) is 6.39. The van der Waals surface area contributed by atoms with Gasteiger partial charge >= 0.3 is 0 Å². The molecule has 0 aromatic heterocycles. The molecule has 0 radical (unpaired) electrons. The highest BCUT2D eigenvalue weighted by Crippen LogP contribution is 2.29. The Kier molecular flexibility index (Phi) is 3.66. The summed E-state index contributed by atoms with van der Waals surface area (Å²) in [6.45, 7) is 5.52. The molecule has 1 aromatic carbocycles. The van der Waals surface area contributed by atoms with E-state index >= 15 is 0 Å². The van der Waals surface area contributed by atoms with Gasteiger partial charge in [-0.3, -0.25) is 4.79 Å². The first kappa shape index (κ1) is 13.4. The first-order valence-electron chi connectivity index (χ1n) is 7.39. The Bertz CT molecular complexity index is 507. The Balaban J connectivity index is 1.61. The molecule has 0 atom stereocenters. The van der Waals surface area contributed by atoms with Crippen molar-refractivity contribution in [3.05, 3.63) is 29.3 Å². The van der Waals surface area contributed by atoms with E-state index in [1.54, 1.807) is 0 Å². The van der Waals surface area contributed by atoms with Crippen LogP contribution in [0.3, 0.4) is 0 Å². The summed E-state index contributed by atoms with van der Waals surface area (Å²) in [5.74, 6) is 0.0224. The first-order chi connectivity index (χ1) is 9.66. The van der Waals surface area contributed by atoms with Crippen LogP contribution in [0.4, 0.5) is 5.69 Å². The van der Waals surface area contributed by atoms with E-state index in [-0.39, 0.29) is 11.3 Å². The fraction of sp³-hybridized carbons (Fsp3) is 0.562. The van der Waals surface area contributed by atoms with E-state index in [1.807, 2.05) is 12.1 Å². The lowest BCUT2D eigenvalue weighted by Crippen LogP contribution is -2.39. The summed E-state index contributed by atoms with van der Waals surface area (Å²) in [4.78, 5) is 12.3. The number of hydrogen-bond donors (Lipinski definition) is 2. The van der Waals surface area contributed by atoms with E-state index in [4.69, 9.17) is 4.74 Å². The molecule has 1 saturated heterocycles. The van der Waals surface area contributed by atoms with Crippen molar-refractivity contribution in [1.82, 2.24) is 5.32 Å². The van der Waals surface area contributed by atoms with E-state index < -0.39 is 0 Å². The smallest absolute Gasteiger partial charge is 0.251 e. The Labute approximate surface area is 119 Å². The maximum absolute atomic E-state index is 12.3. The quantitative estimate of drug-likeness (QED) is 0.888. The first-order valence-corrected chi connectivity index (χ1v) is 7.39. The van der Waals surface area contributed by atoms with E-state index in [9.17, 15) is 4.79 Å². The van der Waals surface area contributed by atoms with E-state index in [1.165, 1.54) is 5.56 Å². The zero-order valence-electron chi connectivity index (χ0n) is 12.0. The van der Waals surface area contributed by atoms with E-state index in [0.29, 0.717) is 0 Å². The highest BCUT2D eigenvalue weighted by molar-refractivity contribution is 5.95. The lowest BCUT2D eigenvalue weighted by atomic mass is 9.82. The standard InChI is InChI=1S/C16H22N2O2/c1-16(5-8-20-9-6-16)11-18-15(19)13-3-2-12-4-7-17-14(12)10-13/h2-3,10,17H,4-9,11H2,1H3,(H,18,19). The molecule has 4 nitrogen and oxygen atoms in total. The van der Waals surface area contributed by atoms with Crippen LogP contribution < -0.4 is 10.6 Å². The number of rotatable bonds is 3. The Morgan fingerprint density at radius 1 is 1.40 bits per heavy atom. The molecule has 2 aliphatic rings. The van der Waals surface area contributed by atoms with Gasteiger partial charge in [0.15, 0.2) is 0 Å². The topological polar surface area (TPSA) is 50.4 Å². The van der Waals surface area contributed by atoms with Crippen molar-refractivity contribution >= 4 is 11.6 Å². The predicted octanol–water partition coefficient (Wildman–Crippen LogP) is 2.20. The van der Waals surface area contributed by atoms with Crippen LogP contribution in [-0.4, -0.2) is 32.2 Å². The Morgan fingerprint density at radius 2 is 2.20 bits per heavy atom. The number of ether oxygens (including phenoxy) is 1. The van der Waals surface area contributed by atoms with Crippen LogP contribution in [0.5, 0.6) is 0 Å². The lowest BCUT2D eigenvalue weighted by molar-refractivity contribution is 0.0238. The molecule has 2 heterocycles. The Hall–Kier alpha value is -1.55. The van der Waals surface area contributed by atoms with Crippen LogP contribution in [0, 0.1) is 5.41 Å².